The predicted octanol–water partition coefficient (Wildman–Crippen LogP) is 3.63. The molecule has 0 aliphatic carbocycles. The fourth-order valence-corrected chi connectivity index (χ4v) is 2.13. The van der Waals surface area contributed by atoms with Gasteiger partial charge in [-0.05, 0) is 38.1 Å². The first kappa shape index (κ1) is 18.7. The molecule has 0 unspecified atom stereocenters. The van der Waals surface area contributed by atoms with Gasteiger partial charge in [-0.25, -0.2) is 4.79 Å². The minimum atomic E-state index is -0.544. The van der Waals surface area contributed by atoms with Crippen molar-refractivity contribution in [1.82, 2.24) is 0 Å². The van der Waals surface area contributed by atoms with Crippen molar-refractivity contribution < 1.29 is 14.3 Å². The van der Waals surface area contributed by atoms with E-state index < -0.39 is 11.9 Å². The lowest BCUT2D eigenvalue weighted by atomic mass is 10.1. The SMILES string of the molecule is CCOC(=O)c1ccccc1N/C=C(/C#N)C(=O)Nc1ccc(C)cc1. The zero-order valence-electron chi connectivity index (χ0n) is 14.6. The number of nitriles is 1. The first-order chi connectivity index (χ1) is 12.5. The second kappa shape index (κ2) is 9.04. The minimum absolute atomic E-state index is 0.121. The molecule has 132 valence electrons. The summed E-state index contributed by atoms with van der Waals surface area (Å²) in [5, 5.41) is 14.7. The summed E-state index contributed by atoms with van der Waals surface area (Å²) in [6.07, 6.45) is 1.27. The molecule has 0 aliphatic rings. The lowest BCUT2D eigenvalue weighted by Crippen LogP contribution is -2.15. The molecule has 6 nitrogen and oxygen atoms in total. The van der Waals surface area contributed by atoms with Gasteiger partial charge in [-0.15, -0.1) is 0 Å². The molecule has 0 atom stereocenters. The Kier molecular flexibility index (Phi) is 6.52. The minimum Gasteiger partial charge on any atom is -0.462 e. The standard InChI is InChI=1S/C20H19N3O3/c1-3-26-20(25)17-6-4-5-7-18(17)22-13-15(12-21)19(24)23-16-10-8-14(2)9-11-16/h4-11,13,22H,3H2,1-2H3,(H,23,24)/b15-13-. The largest absolute Gasteiger partial charge is 0.462 e. The molecule has 0 aromatic heterocycles. The number of para-hydroxylation sites is 1. The van der Waals surface area contributed by atoms with Crippen molar-refractivity contribution in [3.8, 4) is 6.07 Å². The highest BCUT2D eigenvalue weighted by molar-refractivity contribution is 6.07. The van der Waals surface area contributed by atoms with Crippen LogP contribution in [0.2, 0.25) is 0 Å². The maximum absolute atomic E-state index is 12.2. The van der Waals surface area contributed by atoms with Crippen LogP contribution in [-0.2, 0) is 9.53 Å². The highest BCUT2D eigenvalue weighted by Crippen LogP contribution is 2.17. The molecule has 0 saturated carbocycles. The summed E-state index contributed by atoms with van der Waals surface area (Å²) >= 11 is 0. The summed E-state index contributed by atoms with van der Waals surface area (Å²) in [6.45, 7) is 3.92. The molecule has 0 spiro atoms. The number of aryl methyl sites for hydroxylation is 1. The van der Waals surface area contributed by atoms with E-state index in [1.54, 1.807) is 43.3 Å². The molecule has 0 aliphatic heterocycles. The van der Waals surface area contributed by atoms with Crippen LogP contribution in [0.1, 0.15) is 22.8 Å². The molecule has 0 heterocycles. The van der Waals surface area contributed by atoms with Gasteiger partial charge in [0.05, 0.1) is 17.9 Å². The van der Waals surface area contributed by atoms with E-state index in [0.29, 0.717) is 16.9 Å². The molecule has 1 amide bonds. The smallest absolute Gasteiger partial charge is 0.340 e. The normalized spacial score (nSPS) is 10.6. The number of benzene rings is 2. The van der Waals surface area contributed by atoms with E-state index >= 15 is 0 Å². The van der Waals surface area contributed by atoms with Crippen LogP contribution in [0.4, 0.5) is 11.4 Å². The summed E-state index contributed by atoms with van der Waals surface area (Å²) in [5.41, 5.74) is 2.30. The van der Waals surface area contributed by atoms with Gasteiger partial charge in [-0.2, -0.15) is 5.26 Å². The molecule has 26 heavy (non-hydrogen) atoms. The fourth-order valence-electron chi connectivity index (χ4n) is 2.13. The van der Waals surface area contributed by atoms with Gasteiger partial charge in [0.2, 0.25) is 0 Å². The van der Waals surface area contributed by atoms with E-state index in [-0.39, 0.29) is 12.2 Å². The zero-order chi connectivity index (χ0) is 18.9. The average molecular weight is 349 g/mol. The quantitative estimate of drug-likeness (QED) is 0.472. The van der Waals surface area contributed by atoms with E-state index in [4.69, 9.17) is 4.74 Å². The van der Waals surface area contributed by atoms with Crippen molar-refractivity contribution in [2.24, 2.45) is 0 Å². The topological polar surface area (TPSA) is 91.2 Å². The molecule has 2 aromatic rings. The number of amides is 1. The summed E-state index contributed by atoms with van der Waals surface area (Å²) in [7, 11) is 0. The predicted molar refractivity (Wildman–Crippen MR) is 99.5 cm³/mol. The highest BCUT2D eigenvalue weighted by Gasteiger charge is 2.13. The van der Waals surface area contributed by atoms with Crippen LogP contribution in [0.5, 0.6) is 0 Å². The maximum Gasteiger partial charge on any atom is 0.340 e. The van der Waals surface area contributed by atoms with Crippen molar-refractivity contribution in [3.63, 3.8) is 0 Å². The Balaban J connectivity index is 2.14. The Morgan fingerprint density at radius 3 is 2.50 bits per heavy atom. The second-order valence-corrected chi connectivity index (χ2v) is 5.40. The van der Waals surface area contributed by atoms with Gasteiger partial charge >= 0.3 is 5.97 Å². The van der Waals surface area contributed by atoms with Crippen LogP contribution in [-0.4, -0.2) is 18.5 Å². The summed E-state index contributed by atoms with van der Waals surface area (Å²) in [5.74, 6) is -1.02. The maximum atomic E-state index is 12.2. The Bertz CT molecular complexity index is 865. The van der Waals surface area contributed by atoms with Gasteiger partial charge in [-0.3, -0.25) is 4.79 Å². The lowest BCUT2D eigenvalue weighted by molar-refractivity contribution is -0.112. The molecule has 0 radical (unpaired) electrons. The first-order valence-electron chi connectivity index (χ1n) is 8.06. The van der Waals surface area contributed by atoms with Crippen molar-refractivity contribution in [3.05, 3.63) is 71.4 Å². The fraction of sp³-hybridized carbons (Fsp3) is 0.150. The highest BCUT2D eigenvalue weighted by atomic mass is 16.5. The molecule has 2 rings (SSSR count). The monoisotopic (exact) mass is 349 g/mol. The molecule has 6 heteroatoms. The van der Waals surface area contributed by atoms with Gasteiger partial charge in [0.1, 0.15) is 11.6 Å². The number of rotatable bonds is 6. The number of hydrogen-bond acceptors (Lipinski definition) is 5. The molecule has 2 aromatic carbocycles. The molecular formula is C20H19N3O3. The number of hydrogen-bond donors (Lipinski definition) is 2. The summed E-state index contributed by atoms with van der Waals surface area (Å²) in [4.78, 5) is 24.2. The number of carbonyl (C=O) groups excluding carboxylic acids is 2. The van der Waals surface area contributed by atoms with E-state index in [1.807, 2.05) is 25.1 Å². The third-order valence-electron chi connectivity index (χ3n) is 3.47. The van der Waals surface area contributed by atoms with Crippen LogP contribution < -0.4 is 10.6 Å². The number of nitrogens with zero attached hydrogens (tertiary/aromatic N) is 1. The Hall–Kier alpha value is -3.59. The number of anilines is 2. The van der Waals surface area contributed by atoms with Gasteiger partial charge in [0.25, 0.3) is 5.91 Å². The number of ether oxygens (including phenoxy) is 1. The lowest BCUT2D eigenvalue weighted by Gasteiger charge is -2.09. The van der Waals surface area contributed by atoms with Crippen molar-refractivity contribution in [2.45, 2.75) is 13.8 Å². The van der Waals surface area contributed by atoms with E-state index in [9.17, 15) is 14.9 Å². The molecule has 2 N–H and O–H groups in total. The third kappa shape index (κ3) is 4.95. The summed E-state index contributed by atoms with van der Waals surface area (Å²) < 4.78 is 4.99. The second-order valence-electron chi connectivity index (χ2n) is 5.40. The van der Waals surface area contributed by atoms with Gasteiger partial charge in [0.15, 0.2) is 0 Å². The van der Waals surface area contributed by atoms with Crippen molar-refractivity contribution in [1.29, 1.82) is 5.26 Å². The van der Waals surface area contributed by atoms with Crippen molar-refractivity contribution >= 4 is 23.3 Å². The zero-order valence-corrected chi connectivity index (χ0v) is 14.6. The van der Waals surface area contributed by atoms with E-state index in [2.05, 4.69) is 10.6 Å². The van der Waals surface area contributed by atoms with Crippen molar-refractivity contribution in [2.75, 3.05) is 17.2 Å². The van der Waals surface area contributed by atoms with E-state index in [1.165, 1.54) is 6.20 Å². The Morgan fingerprint density at radius 2 is 1.85 bits per heavy atom. The Labute approximate surface area is 152 Å². The van der Waals surface area contributed by atoms with Crippen LogP contribution in [0, 0.1) is 18.3 Å². The molecule has 0 fully saturated rings. The average Bonchev–Trinajstić information content (AvgIpc) is 2.64. The van der Waals surface area contributed by atoms with Crippen LogP contribution in [0.15, 0.2) is 60.3 Å². The van der Waals surface area contributed by atoms with Gasteiger partial charge in [0, 0.05) is 11.9 Å². The van der Waals surface area contributed by atoms with Crippen LogP contribution >= 0.6 is 0 Å². The third-order valence-corrected chi connectivity index (χ3v) is 3.47. The first-order valence-corrected chi connectivity index (χ1v) is 8.06. The number of nitrogens with one attached hydrogen (secondary N) is 2. The van der Waals surface area contributed by atoms with E-state index in [0.717, 1.165) is 5.56 Å². The molecule has 0 bridgehead atoms. The van der Waals surface area contributed by atoms with Crippen LogP contribution in [0.3, 0.4) is 0 Å². The molecule has 0 saturated heterocycles. The van der Waals surface area contributed by atoms with Crippen LogP contribution in [0.25, 0.3) is 0 Å². The number of esters is 1. The van der Waals surface area contributed by atoms with Gasteiger partial charge in [-0.1, -0.05) is 29.8 Å². The molecular weight excluding hydrogens is 330 g/mol. The van der Waals surface area contributed by atoms with Gasteiger partial charge < -0.3 is 15.4 Å². The summed E-state index contributed by atoms with van der Waals surface area (Å²) in [6, 6.07) is 15.8. The number of carbonyl (C=O) groups is 2. The Morgan fingerprint density at radius 1 is 1.15 bits per heavy atom.